The number of esters is 1. The van der Waals surface area contributed by atoms with E-state index in [1.165, 1.54) is 14.2 Å². The van der Waals surface area contributed by atoms with E-state index < -0.39 is 10.1 Å². The zero-order valence-electron chi connectivity index (χ0n) is 24.7. The monoisotopic (exact) mass is 598 g/mol. The van der Waals surface area contributed by atoms with Crippen LogP contribution in [0.4, 0.5) is 11.4 Å². The van der Waals surface area contributed by atoms with Gasteiger partial charge in [-0.15, -0.1) is 0 Å². The Labute approximate surface area is 246 Å². The highest BCUT2D eigenvalue weighted by atomic mass is 32.2. The van der Waals surface area contributed by atoms with Gasteiger partial charge < -0.3 is 19.1 Å². The molecule has 42 heavy (non-hydrogen) atoms. The van der Waals surface area contributed by atoms with Crippen molar-refractivity contribution in [1.82, 2.24) is 4.57 Å². The number of fused-ring (bicyclic) bond motifs is 2. The molecule has 11 nitrogen and oxygen atoms in total. The lowest BCUT2D eigenvalue weighted by atomic mass is 10.1. The summed E-state index contributed by atoms with van der Waals surface area (Å²) in [5.41, 5.74) is 5.34. The molecule has 4 rings (SSSR count). The number of unbranched alkanes of at least 4 members (excludes halogenated alkanes) is 1. The van der Waals surface area contributed by atoms with E-state index in [1.807, 2.05) is 60.2 Å². The Morgan fingerprint density at radius 2 is 1.83 bits per heavy atom. The van der Waals surface area contributed by atoms with Gasteiger partial charge in [-0.3, -0.25) is 0 Å². The Hall–Kier alpha value is -3.71. The molecule has 0 atom stereocenters. The van der Waals surface area contributed by atoms with Crippen molar-refractivity contribution in [3.05, 3.63) is 71.3 Å². The number of imidazole rings is 1. The van der Waals surface area contributed by atoms with Crippen LogP contribution in [-0.4, -0.2) is 56.6 Å². The molecule has 3 aromatic rings. The van der Waals surface area contributed by atoms with Gasteiger partial charge >= 0.3 is 5.97 Å². The number of carbonyl (C=O) groups excluding carboxylic acids is 1. The van der Waals surface area contributed by atoms with Crippen LogP contribution < -0.4 is 14.4 Å². The number of allylic oxidation sites excluding steroid dienone is 2. The first-order chi connectivity index (χ1) is 20.1. The van der Waals surface area contributed by atoms with Crippen LogP contribution in [0.1, 0.15) is 48.4 Å². The van der Waals surface area contributed by atoms with Gasteiger partial charge in [0.15, 0.2) is 11.0 Å². The third kappa shape index (κ3) is 6.67. The van der Waals surface area contributed by atoms with E-state index in [0.717, 1.165) is 46.2 Å². The number of ether oxygens (including phenoxy) is 1. The third-order valence-corrected chi connectivity index (χ3v) is 8.12. The Morgan fingerprint density at radius 3 is 2.50 bits per heavy atom. The van der Waals surface area contributed by atoms with E-state index in [2.05, 4.69) is 28.2 Å². The summed E-state index contributed by atoms with van der Waals surface area (Å²) < 4.78 is 42.6. The summed E-state index contributed by atoms with van der Waals surface area (Å²) in [5, 5.41) is 0. The fourth-order valence-electron chi connectivity index (χ4n) is 5.37. The van der Waals surface area contributed by atoms with Crippen LogP contribution >= 0.6 is 0 Å². The maximum Gasteiger partial charge on any atom is 0.338 e. The molecular formula is C30H38N4O7S. The van der Waals surface area contributed by atoms with E-state index in [9.17, 15) is 17.8 Å². The van der Waals surface area contributed by atoms with Crippen molar-refractivity contribution < 1.29 is 36.8 Å². The number of aromatic nitrogens is 2. The Balaban J connectivity index is 1.71. The summed E-state index contributed by atoms with van der Waals surface area (Å²) in [6.07, 6.45) is 6.87. The molecular weight excluding hydrogens is 560 g/mol. The molecule has 0 aliphatic carbocycles. The van der Waals surface area contributed by atoms with Gasteiger partial charge in [-0.25, -0.2) is 32.1 Å². The van der Waals surface area contributed by atoms with Crippen LogP contribution in [0.2, 0.25) is 0 Å². The molecule has 0 spiro atoms. The van der Waals surface area contributed by atoms with Gasteiger partial charge in [0.25, 0.3) is 5.82 Å². The predicted octanol–water partition coefficient (Wildman–Crippen LogP) is 3.88. The first-order valence-corrected chi connectivity index (χ1v) is 15.5. The predicted molar refractivity (Wildman–Crippen MR) is 160 cm³/mol. The molecule has 1 aromatic heterocycles. The van der Waals surface area contributed by atoms with Gasteiger partial charge in [0.05, 0.1) is 54.9 Å². The number of aryl methyl sites for hydroxylation is 2. The molecule has 0 amide bonds. The van der Waals surface area contributed by atoms with Gasteiger partial charge in [0, 0.05) is 31.0 Å². The number of methoxy groups -OCH3 is 1. The number of nitrogens with zero attached hydrogens (tertiary/aromatic N) is 4. The lowest BCUT2D eigenvalue weighted by Gasteiger charge is -2.24. The molecule has 0 N–H and O–H groups in total. The second-order valence-corrected chi connectivity index (χ2v) is 11.4. The number of carbonyl (C=O) groups is 1. The van der Waals surface area contributed by atoms with Crippen molar-refractivity contribution in [3.63, 3.8) is 0 Å². The quantitative estimate of drug-likeness (QED) is 0.0722. The van der Waals surface area contributed by atoms with E-state index >= 15 is 0 Å². The van der Waals surface area contributed by atoms with Crippen LogP contribution in [-0.2, 0) is 44.8 Å². The lowest BCUT2D eigenvalue weighted by molar-refractivity contribution is -0.670. The molecule has 0 fully saturated rings. The Morgan fingerprint density at radius 1 is 1.05 bits per heavy atom. The fourth-order valence-corrected chi connectivity index (χ4v) is 5.92. The zero-order valence-corrected chi connectivity index (χ0v) is 25.5. The lowest BCUT2D eigenvalue weighted by Crippen LogP contribution is -2.35. The highest BCUT2D eigenvalue weighted by Crippen LogP contribution is 2.42. The fraction of sp³-hybridized carbons (Fsp3) is 0.400. The zero-order chi connectivity index (χ0) is 30.4. The highest BCUT2D eigenvalue weighted by molar-refractivity contribution is 7.85. The molecule has 0 radical (unpaired) electrons. The molecule has 1 aliphatic rings. The van der Waals surface area contributed by atoms with Crippen molar-refractivity contribution in [2.75, 3.05) is 42.9 Å². The van der Waals surface area contributed by atoms with Crippen LogP contribution in [0.5, 0.6) is 0 Å². The third-order valence-electron chi connectivity index (χ3n) is 7.34. The highest BCUT2D eigenvalue weighted by Gasteiger charge is 2.30. The van der Waals surface area contributed by atoms with Crippen LogP contribution in [0.25, 0.3) is 17.1 Å². The summed E-state index contributed by atoms with van der Waals surface area (Å²) in [6, 6.07) is 11.6. The second kappa shape index (κ2) is 13.5. The summed E-state index contributed by atoms with van der Waals surface area (Å²) in [5.74, 6) is 1.12. The minimum Gasteiger partial charge on any atom is -0.748 e. The maximum absolute atomic E-state index is 12.1. The van der Waals surface area contributed by atoms with E-state index in [0.29, 0.717) is 25.1 Å². The van der Waals surface area contributed by atoms with Crippen molar-refractivity contribution >= 4 is 44.6 Å². The molecule has 1 aliphatic heterocycles. The average molecular weight is 599 g/mol. The summed E-state index contributed by atoms with van der Waals surface area (Å²) in [7, 11) is 0.531. The average Bonchev–Trinajstić information content (AvgIpc) is 3.42. The Kier molecular flexibility index (Phi) is 10.0. The Bertz CT molecular complexity index is 1610. The first kappa shape index (κ1) is 31.2. The standard InChI is InChI=1S/C30H38N4O7S/c1-6-32-24-16-14-23(30(35)39-4)20-26(24)31(3)28(32)11-10-12-29-33(7-2)25-15-13-22(21-41-40-5)19-27(25)34(29)17-8-9-18-42(36,37)38/h10-16,19-20H,6-9,17-18,21H2,1-5H3. The maximum atomic E-state index is 12.1. The molecule has 0 bridgehead atoms. The molecule has 12 heteroatoms. The van der Waals surface area contributed by atoms with Gasteiger partial charge in [-0.1, -0.05) is 12.1 Å². The van der Waals surface area contributed by atoms with E-state index in [-0.39, 0.29) is 24.7 Å². The summed E-state index contributed by atoms with van der Waals surface area (Å²) >= 11 is 0. The smallest absolute Gasteiger partial charge is 0.338 e. The van der Waals surface area contributed by atoms with Gasteiger partial charge in [0.2, 0.25) is 0 Å². The molecule has 2 heterocycles. The van der Waals surface area contributed by atoms with Crippen LogP contribution in [0.3, 0.4) is 0 Å². The molecule has 2 aromatic carbocycles. The van der Waals surface area contributed by atoms with Gasteiger partial charge in [0.1, 0.15) is 12.4 Å². The second-order valence-electron chi connectivity index (χ2n) is 9.86. The number of anilines is 2. The van der Waals surface area contributed by atoms with Gasteiger partial charge in [-0.2, -0.15) is 0 Å². The van der Waals surface area contributed by atoms with Crippen molar-refractivity contribution in [3.8, 4) is 0 Å². The van der Waals surface area contributed by atoms with E-state index in [1.54, 1.807) is 6.07 Å². The summed E-state index contributed by atoms with van der Waals surface area (Å²) in [6.45, 7) is 6.42. The SMILES string of the molecule is CCN1C(=CC=Cc2n(C)c3cc(C(=O)OC)ccc3[n+]2CC)N(CCCCS(=O)(=O)[O-])c2cc(COOC)ccc21. The first-order valence-electron chi connectivity index (χ1n) is 13.9. The normalized spacial score (nSPS) is 14.5. The van der Waals surface area contributed by atoms with Crippen molar-refractivity contribution in [1.29, 1.82) is 0 Å². The molecule has 0 unspecified atom stereocenters. The number of hydrogen-bond donors (Lipinski definition) is 0. The van der Waals surface area contributed by atoms with Crippen LogP contribution in [0, 0.1) is 0 Å². The topological polar surface area (TPSA) is 117 Å². The van der Waals surface area contributed by atoms with Gasteiger partial charge in [-0.05, 0) is 62.6 Å². The van der Waals surface area contributed by atoms with E-state index in [4.69, 9.17) is 14.5 Å². The summed E-state index contributed by atoms with van der Waals surface area (Å²) in [4.78, 5) is 26.4. The molecule has 226 valence electrons. The van der Waals surface area contributed by atoms with Crippen molar-refractivity contribution in [2.24, 2.45) is 7.05 Å². The largest absolute Gasteiger partial charge is 0.748 e. The number of benzene rings is 2. The number of rotatable bonds is 13. The molecule has 0 saturated heterocycles. The minimum absolute atomic E-state index is 0.277. The van der Waals surface area contributed by atoms with Crippen LogP contribution in [0.15, 0.2) is 54.4 Å². The van der Waals surface area contributed by atoms with Crippen molar-refractivity contribution in [2.45, 2.75) is 39.8 Å². The minimum atomic E-state index is -4.27. The number of hydrogen-bond acceptors (Lipinski definition) is 9. The molecule has 0 saturated carbocycles.